The van der Waals surface area contributed by atoms with Crippen LogP contribution in [0.25, 0.3) is 0 Å². The fourth-order valence-electron chi connectivity index (χ4n) is 2.19. The highest BCUT2D eigenvalue weighted by Gasteiger charge is 2.23. The van der Waals surface area contributed by atoms with E-state index < -0.39 is 5.92 Å². The van der Waals surface area contributed by atoms with E-state index in [1.165, 1.54) is 6.92 Å². The molecule has 0 aliphatic rings. The second-order valence-electron chi connectivity index (χ2n) is 4.79. The molecule has 1 atom stereocenters. The third-order valence-corrected chi connectivity index (χ3v) is 3.34. The van der Waals surface area contributed by atoms with Crippen LogP contribution in [0.1, 0.15) is 35.2 Å². The molecule has 0 saturated carbocycles. The summed E-state index contributed by atoms with van der Waals surface area (Å²) in [7, 11) is 0. The van der Waals surface area contributed by atoms with Crippen molar-refractivity contribution in [2.45, 2.75) is 26.7 Å². The first-order valence-corrected chi connectivity index (χ1v) is 6.22. The van der Waals surface area contributed by atoms with Crippen molar-refractivity contribution >= 4 is 5.78 Å². The molecule has 1 aromatic heterocycles. The number of nitrogens with zero attached hydrogens (tertiary/aromatic N) is 1. The average Bonchev–Trinajstić information content (AvgIpc) is 2.37. The fraction of sp³-hybridized carbons (Fsp3) is 0.250. The Morgan fingerprint density at radius 1 is 1.21 bits per heavy atom. The summed E-state index contributed by atoms with van der Waals surface area (Å²) in [6, 6.07) is 9.02. The van der Waals surface area contributed by atoms with Gasteiger partial charge in [-0.05, 0) is 50.1 Å². The van der Waals surface area contributed by atoms with E-state index in [0.717, 1.165) is 11.1 Å². The number of Topliss-reactive ketones (excluding diaryl/α,β-unsaturated/α-hetero) is 1. The number of carbonyl (C=O) groups excluding carboxylic acids is 1. The number of benzene rings is 1. The van der Waals surface area contributed by atoms with E-state index in [2.05, 4.69) is 4.98 Å². The molecule has 2 aromatic rings. The number of rotatable bonds is 3. The van der Waals surface area contributed by atoms with Gasteiger partial charge in [0, 0.05) is 11.8 Å². The summed E-state index contributed by atoms with van der Waals surface area (Å²) in [6.45, 7) is 5.42. The number of aromatic nitrogens is 1. The monoisotopic (exact) mass is 255 g/mol. The molecule has 1 heterocycles. The Labute approximate surface area is 112 Å². The van der Waals surface area contributed by atoms with Crippen LogP contribution in [0.5, 0.6) is 5.75 Å². The van der Waals surface area contributed by atoms with Crippen LogP contribution in [-0.2, 0) is 4.79 Å². The number of phenolic OH excluding ortho intramolecular Hbond substituents is 1. The Kier molecular flexibility index (Phi) is 3.65. The summed E-state index contributed by atoms with van der Waals surface area (Å²) >= 11 is 0. The summed E-state index contributed by atoms with van der Waals surface area (Å²) in [5.74, 6) is -0.397. The normalized spacial score (nSPS) is 12.2. The minimum absolute atomic E-state index is 0.0303. The second-order valence-corrected chi connectivity index (χ2v) is 4.79. The third kappa shape index (κ3) is 2.65. The van der Waals surface area contributed by atoms with Gasteiger partial charge in [-0.25, -0.2) is 0 Å². The zero-order chi connectivity index (χ0) is 14.0. The number of aryl methyl sites for hydroxylation is 2. The standard InChI is InChI=1S/C16H17NO2/c1-10-8-13(15(19)9-11(10)2)16(12(3)18)14-6-4-5-7-17-14/h4-9,16,19H,1-3H3. The van der Waals surface area contributed by atoms with Gasteiger partial charge < -0.3 is 5.11 Å². The van der Waals surface area contributed by atoms with Gasteiger partial charge in [0.1, 0.15) is 11.5 Å². The van der Waals surface area contributed by atoms with Crippen molar-refractivity contribution in [3.05, 3.63) is 58.9 Å². The van der Waals surface area contributed by atoms with Gasteiger partial charge >= 0.3 is 0 Å². The molecule has 0 aliphatic heterocycles. The number of carbonyl (C=O) groups is 1. The zero-order valence-corrected chi connectivity index (χ0v) is 11.3. The van der Waals surface area contributed by atoms with Crippen LogP contribution < -0.4 is 0 Å². The van der Waals surface area contributed by atoms with Crippen LogP contribution >= 0.6 is 0 Å². The lowest BCUT2D eigenvalue weighted by Gasteiger charge is -2.17. The summed E-state index contributed by atoms with van der Waals surface area (Å²) in [5, 5.41) is 10.1. The molecule has 0 bridgehead atoms. The highest BCUT2D eigenvalue weighted by atomic mass is 16.3. The molecule has 2 rings (SSSR count). The molecule has 0 saturated heterocycles. The quantitative estimate of drug-likeness (QED) is 0.916. The predicted octanol–water partition coefficient (Wildman–Crippen LogP) is 3.12. The predicted molar refractivity (Wildman–Crippen MR) is 74.3 cm³/mol. The number of pyridine rings is 1. The SMILES string of the molecule is CC(=O)C(c1ccccn1)c1cc(C)c(C)cc1O. The largest absolute Gasteiger partial charge is 0.508 e. The van der Waals surface area contributed by atoms with Crippen LogP contribution in [0.3, 0.4) is 0 Å². The summed E-state index contributed by atoms with van der Waals surface area (Å²) in [5.41, 5.74) is 3.34. The molecule has 1 aromatic carbocycles. The molecule has 3 nitrogen and oxygen atoms in total. The Bertz CT molecular complexity index is 606. The number of ketones is 1. The maximum absolute atomic E-state index is 11.9. The lowest BCUT2D eigenvalue weighted by Crippen LogP contribution is -2.12. The molecule has 1 unspecified atom stereocenters. The van der Waals surface area contributed by atoms with Crippen molar-refractivity contribution in [2.24, 2.45) is 0 Å². The summed E-state index contributed by atoms with van der Waals surface area (Å²) in [4.78, 5) is 16.2. The maximum atomic E-state index is 11.9. The molecule has 98 valence electrons. The zero-order valence-electron chi connectivity index (χ0n) is 11.3. The van der Waals surface area contributed by atoms with E-state index >= 15 is 0 Å². The van der Waals surface area contributed by atoms with Crippen molar-refractivity contribution in [2.75, 3.05) is 0 Å². The Morgan fingerprint density at radius 3 is 2.47 bits per heavy atom. The molecule has 1 N–H and O–H groups in total. The van der Waals surface area contributed by atoms with Gasteiger partial charge in [0.25, 0.3) is 0 Å². The van der Waals surface area contributed by atoms with Gasteiger partial charge in [0.2, 0.25) is 0 Å². The van der Waals surface area contributed by atoms with E-state index in [1.807, 2.05) is 26.0 Å². The van der Waals surface area contributed by atoms with Crippen LogP contribution in [0.2, 0.25) is 0 Å². The van der Waals surface area contributed by atoms with E-state index in [4.69, 9.17) is 0 Å². The number of hydrogen-bond acceptors (Lipinski definition) is 3. The van der Waals surface area contributed by atoms with Crippen molar-refractivity contribution in [3.63, 3.8) is 0 Å². The van der Waals surface area contributed by atoms with Crippen LogP contribution in [0.15, 0.2) is 36.5 Å². The fourth-order valence-corrected chi connectivity index (χ4v) is 2.19. The molecule has 3 heteroatoms. The smallest absolute Gasteiger partial charge is 0.143 e. The lowest BCUT2D eigenvalue weighted by molar-refractivity contribution is -0.117. The first-order chi connectivity index (χ1) is 9.00. The van der Waals surface area contributed by atoms with Crippen molar-refractivity contribution < 1.29 is 9.90 Å². The van der Waals surface area contributed by atoms with E-state index in [-0.39, 0.29) is 11.5 Å². The van der Waals surface area contributed by atoms with Gasteiger partial charge in [-0.15, -0.1) is 0 Å². The van der Waals surface area contributed by atoms with Crippen molar-refractivity contribution in [1.82, 2.24) is 4.98 Å². The first-order valence-electron chi connectivity index (χ1n) is 6.22. The molecular weight excluding hydrogens is 238 g/mol. The minimum atomic E-state index is -0.513. The van der Waals surface area contributed by atoms with Crippen LogP contribution in [-0.4, -0.2) is 15.9 Å². The Hall–Kier alpha value is -2.16. The number of hydrogen-bond donors (Lipinski definition) is 1. The van der Waals surface area contributed by atoms with Crippen LogP contribution in [0, 0.1) is 13.8 Å². The van der Waals surface area contributed by atoms with E-state index in [0.29, 0.717) is 11.3 Å². The van der Waals surface area contributed by atoms with Gasteiger partial charge in [0.05, 0.1) is 11.6 Å². The number of aromatic hydroxyl groups is 1. The Balaban J connectivity index is 2.58. The second kappa shape index (κ2) is 5.22. The summed E-state index contributed by atoms with van der Waals surface area (Å²) in [6.07, 6.45) is 1.66. The number of phenols is 1. The van der Waals surface area contributed by atoms with Crippen LogP contribution in [0.4, 0.5) is 0 Å². The molecule has 0 amide bonds. The first kappa shape index (κ1) is 13.3. The van der Waals surface area contributed by atoms with Crippen molar-refractivity contribution in [3.8, 4) is 5.75 Å². The van der Waals surface area contributed by atoms with Gasteiger partial charge in [-0.3, -0.25) is 9.78 Å². The maximum Gasteiger partial charge on any atom is 0.143 e. The molecule has 0 fully saturated rings. The van der Waals surface area contributed by atoms with E-state index in [9.17, 15) is 9.90 Å². The topological polar surface area (TPSA) is 50.2 Å². The highest BCUT2D eigenvalue weighted by molar-refractivity contribution is 5.87. The summed E-state index contributed by atoms with van der Waals surface area (Å²) < 4.78 is 0. The van der Waals surface area contributed by atoms with Crippen molar-refractivity contribution in [1.29, 1.82) is 0 Å². The minimum Gasteiger partial charge on any atom is -0.508 e. The Morgan fingerprint density at radius 2 is 1.89 bits per heavy atom. The van der Waals surface area contributed by atoms with E-state index in [1.54, 1.807) is 24.4 Å². The van der Waals surface area contributed by atoms with Gasteiger partial charge in [-0.2, -0.15) is 0 Å². The van der Waals surface area contributed by atoms with Gasteiger partial charge in [-0.1, -0.05) is 12.1 Å². The molecule has 0 aliphatic carbocycles. The molecule has 19 heavy (non-hydrogen) atoms. The molecular formula is C16H17NO2. The molecule has 0 radical (unpaired) electrons. The average molecular weight is 255 g/mol. The highest BCUT2D eigenvalue weighted by Crippen LogP contribution is 2.33. The third-order valence-electron chi connectivity index (χ3n) is 3.34. The molecule has 0 spiro atoms. The lowest BCUT2D eigenvalue weighted by atomic mass is 9.89. The van der Waals surface area contributed by atoms with Gasteiger partial charge in [0.15, 0.2) is 0 Å².